The maximum Gasteiger partial charge on any atom is 0.291 e. The fourth-order valence-corrected chi connectivity index (χ4v) is 7.73. The Morgan fingerprint density at radius 1 is 0.447 bits per heavy atom. The molecule has 390 valence electrons. The van der Waals surface area contributed by atoms with Gasteiger partial charge in [-0.15, -0.1) is 0 Å². The number of nitrogens with one attached hydrogen (secondary N) is 5. The number of fused-ring (bicyclic) bond motifs is 3. The van der Waals surface area contributed by atoms with E-state index in [1.807, 2.05) is 81.5 Å². The number of carbonyl (C=O) groups is 6. The van der Waals surface area contributed by atoms with Crippen molar-refractivity contribution in [1.82, 2.24) is 24.5 Å². The number of aromatic amines is 2. The van der Waals surface area contributed by atoms with Gasteiger partial charge in [-0.3, -0.25) is 34.1 Å². The molecule has 0 bridgehead atoms. The second-order valence-electron chi connectivity index (χ2n) is 21.5. The number of aryl methyl sites for hydroxylation is 1. The largest absolute Gasteiger partial charge is 0.399 e. The molecule has 0 fully saturated rings. The van der Waals surface area contributed by atoms with Crippen molar-refractivity contribution in [1.29, 1.82) is 0 Å². The van der Waals surface area contributed by atoms with Crippen molar-refractivity contribution in [2.24, 2.45) is 23.3 Å². The van der Waals surface area contributed by atoms with Crippen LogP contribution in [0.3, 0.4) is 0 Å². The van der Waals surface area contributed by atoms with E-state index >= 15 is 0 Å². The van der Waals surface area contributed by atoms with E-state index in [2.05, 4.69) is 35.9 Å². The van der Waals surface area contributed by atoms with Gasteiger partial charge in [-0.25, -0.2) is 9.97 Å². The number of anilines is 6. The molecule has 3 heterocycles. The Bertz CT molecular complexity index is 3500. The molecule has 76 heavy (non-hydrogen) atoms. The van der Waals surface area contributed by atoms with Crippen molar-refractivity contribution in [2.45, 2.75) is 62.3 Å². The smallest absolute Gasteiger partial charge is 0.291 e. The number of nitrogens with two attached hydrogens (primary N) is 3. The first kappa shape index (κ1) is 54.4. The van der Waals surface area contributed by atoms with E-state index in [9.17, 15) is 28.8 Å². The van der Waals surface area contributed by atoms with E-state index < -0.39 is 16.2 Å². The molecule has 3 aromatic heterocycles. The van der Waals surface area contributed by atoms with Crippen molar-refractivity contribution in [3.63, 3.8) is 0 Å². The van der Waals surface area contributed by atoms with Gasteiger partial charge >= 0.3 is 0 Å². The number of Topliss-reactive ketones (excluding diaryl/α,β-unsaturated/α-hetero) is 3. The van der Waals surface area contributed by atoms with Crippen LogP contribution in [0.25, 0.3) is 33.0 Å². The zero-order chi connectivity index (χ0) is 55.4. The molecule has 17 nitrogen and oxygen atoms in total. The Labute approximate surface area is 440 Å². The maximum atomic E-state index is 12.5. The molecule has 0 saturated carbocycles. The summed E-state index contributed by atoms with van der Waals surface area (Å²) in [6, 6.07) is 38.3. The van der Waals surface area contributed by atoms with Gasteiger partial charge in [-0.2, -0.15) is 0 Å². The molecule has 0 radical (unpaired) electrons. The van der Waals surface area contributed by atoms with Gasteiger partial charge < -0.3 is 42.4 Å². The number of aromatic nitrogens is 5. The molecule has 11 N–H and O–H groups in total. The van der Waals surface area contributed by atoms with Gasteiger partial charge in [-0.05, 0) is 121 Å². The molecule has 3 amide bonds. The van der Waals surface area contributed by atoms with Crippen LogP contribution in [-0.4, -0.2) is 59.6 Å². The lowest BCUT2D eigenvalue weighted by Crippen LogP contribution is -2.20. The van der Waals surface area contributed by atoms with Crippen LogP contribution in [0.1, 0.15) is 125 Å². The maximum absolute atomic E-state index is 12.5. The standard InChI is InChI=1S/C20H22N4O2.C20H21N3O2.C19H20N4O2/c1-20(2,3)17(25)13-7-10-16-15(11-13)22-19(24(16)4)23-18(26)12-5-8-14(21)9-6-12;1-20(2,3)18(24)13-5-4-12-10-17(23-16(12)11-13)19(25)22-15-8-6-14(21)7-9-15;1-19(2,3)16(24)11-4-9-14-15(10-11)23-17(22-14)18(25)21-13-7-5-12(20)6-8-13/h5-11H,21H2,1-4H3,(H,22,23,26);4-11,23H,21H2,1-3H3,(H,22,25);4-10H,20H2,1-3H3,(H,21,25)(H,22,23). The van der Waals surface area contributed by atoms with Crippen LogP contribution in [0.5, 0.6) is 0 Å². The average molecular weight is 1020 g/mol. The topological polar surface area (TPSA) is 279 Å². The highest BCUT2D eigenvalue weighted by atomic mass is 16.2. The summed E-state index contributed by atoms with van der Waals surface area (Å²) >= 11 is 0. The third-order valence-electron chi connectivity index (χ3n) is 12.0. The number of hydrogen-bond donors (Lipinski definition) is 8. The molecule has 0 atom stereocenters. The average Bonchev–Trinajstić information content (AvgIpc) is 4.10. The summed E-state index contributed by atoms with van der Waals surface area (Å²) in [7, 11) is 1.82. The van der Waals surface area contributed by atoms with E-state index in [-0.39, 0.29) is 40.9 Å². The second-order valence-corrected chi connectivity index (χ2v) is 21.5. The highest BCUT2D eigenvalue weighted by Crippen LogP contribution is 2.28. The fraction of sp³-hybridized carbons (Fsp3) is 0.220. The normalized spacial score (nSPS) is 11.5. The quantitative estimate of drug-likeness (QED) is 0.0497. The zero-order valence-corrected chi connectivity index (χ0v) is 44.2. The van der Waals surface area contributed by atoms with Crippen molar-refractivity contribution < 1.29 is 28.8 Å². The number of nitrogen functional groups attached to an aromatic ring is 3. The van der Waals surface area contributed by atoms with Gasteiger partial charge in [-0.1, -0.05) is 74.4 Å². The minimum Gasteiger partial charge on any atom is -0.399 e. The molecule has 6 aromatic carbocycles. The summed E-state index contributed by atoms with van der Waals surface area (Å²) in [6.07, 6.45) is 0. The van der Waals surface area contributed by atoms with E-state index in [0.717, 1.165) is 16.4 Å². The monoisotopic (exact) mass is 1020 g/mol. The second kappa shape index (κ2) is 21.6. The SMILES string of the molecule is CC(C)(C)C(=O)c1ccc2cc(C(=O)Nc3ccc(N)cc3)[nH]c2c1.CC(C)(C)C(=O)c1ccc2nc(C(=O)Nc3ccc(N)cc3)[nH]c2c1.Cn1c(NC(=O)c2ccc(N)cc2)nc2cc(C(=O)C(C)(C)C)ccc21. The van der Waals surface area contributed by atoms with Crippen molar-refractivity contribution in [2.75, 3.05) is 33.2 Å². The molecule has 0 saturated heterocycles. The summed E-state index contributed by atoms with van der Waals surface area (Å²) in [5, 5.41) is 9.25. The van der Waals surface area contributed by atoms with Crippen LogP contribution in [0, 0.1) is 16.2 Å². The van der Waals surface area contributed by atoms with Crippen molar-refractivity contribution in [3.05, 3.63) is 167 Å². The van der Waals surface area contributed by atoms with Crippen LogP contribution in [0.15, 0.2) is 133 Å². The lowest BCUT2D eigenvalue weighted by Gasteiger charge is -2.16. The number of benzene rings is 6. The van der Waals surface area contributed by atoms with Gasteiger partial charge in [0.15, 0.2) is 23.2 Å². The molecule has 0 aliphatic carbocycles. The number of hydrogen-bond acceptors (Lipinski definition) is 11. The number of carbonyl (C=O) groups excluding carboxylic acids is 6. The lowest BCUT2D eigenvalue weighted by atomic mass is 9.86. The van der Waals surface area contributed by atoms with E-state index in [1.54, 1.807) is 126 Å². The highest BCUT2D eigenvalue weighted by Gasteiger charge is 2.26. The summed E-state index contributed by atoms with van der Waals surface area (Å²) in [5.74, 6) is -0.107. The summed E-state index contributed by atoms with van der Waals surface area (Å²) in [5.41, 5.74) is 25.0. The van der Waals surface area contributed by atoms with Crippen LogP contribution in [0.4, 0.5) is 34.4 Å². The molecule has 0 spiro atoms. The molecule has 0 unspecified atom stereocenters. The van der Waals surface area contributed by atoms with Crippen molar-refractivity contribution in [3.8, 4) is 0 Å². The van der Waals surface area contributed by atoms with Gasteiger partial charge in [0.1, 0.15) is 5.69 Å². The first-order valence-corrected chi connectivity index (χ1v) is 24.4. The fourth-order valence-electron chi connectivity index (χ4n) is 7.73. The summed E-state index contributed by atoms with van der Waals surface area (Å²) < 4.78 is 1.79. The van der Waals surface area contributed by atoms with Gasteiger partial charge in [0.25, 0.3) is 17.7 Å². The zero-order valence-electron chi connectivity index (χ0n) is 44.2. The van der Waals surface area contributed by atoms with Gasteiger partial charge in [0.2, 0.25) is 5.95 Å². The number of imidazole rings is 2. The number of nitrogens with zero attached hydrogens (tertiary/aromatic N) is 3. The number of H-pyrrole nitrogens is 2. The van der Waals surface area contributed by atoms with Crippen LogP contribution in [0.2, 0.25) is 0 Å². The van der Waals surface area contributed by atoms with Crippen molar-refractivity contribution >= 4 is 102 Å². The third kappa shape index (κ3) is 13.0. The Hall–Kier alpha value is -9.38. The first-order chi connectivity index (χ1) is 35.6. The Balaban J connectivity index is 0.000000166. The third-order valence-corrected chi connectivity index (χ3v) is 12.0. The lowest BCUT2D eigenvalue weighted by molar-refractivity contribution is 0.0852. The van der Waals surface area contributed by atoms with E-state index in [4.69, 9.17) is 17.2 Å². The van der Waals surface area contributed by atoms with Crippen LogP contribution >= 0.6 is 0 Å². The van der Waals surface area contributed by atoms with E-state index in [0.29, 0.717) is 78.9 Å². The predicted octanol–water partition coefficient (Wildman–Crippen LogP) is 11.5. The molecule has 17 heteroatoms. The minimum atomic E-state index is -0.469. The minimum absolute atomic E-state index is 0.0388. The Morgan fingerprint density at radius 3 is 1.42 bits per heavy atom. The molecular formula is C59H63N11O6. The Morgan fingerprint density at radius 2 is 0.895 bits per heavy atom. The number of rotatable bonds is 9. The molecule has 9 aromatic rings. The highest BCUT2D eigenvalue weighted by molar-refractivity contribution is 6.09. The summed E-state index contributed by atoms with van der Waals surface area (Å²) in [4.78, 5) is 89.3. The predicted molar refractivity (Wildman–Crippen MR) is 303 cm³/mol. The first-order valence-electron chi connectivity index (χ1n) is 24.4. The molecule has 9 rings (SSSR count). The van der Waals surface area contributed by atoms with Gasteiger partial charge in [0.05, 0.1) is 22.1 Å². The van der Waals surface area contributed by atoms with Crippen LogP contribution < -0.4 is 33.2 Å². The summed E-state index contributed by atoms with van der Waals surface area (Å²) in [6.45, 7) is 16.9. The van der Waals surface area contributed by atoms with Crippen LogP contribution in [-0.2, 0) is 7.05 Å². The van der Waals surface area contributed by atoms with Gasteiger partial charge in [0, 0.05) is 84.9 Å². The molecule has 0 aliphatic rings. The number of amides is 3. The Kier molecular flexibility index (Phi) is 15.5. The number of ketones is 3. The molecule has 0 aliphatic heterocycles. The van der Waals surface area contributed by atoms with E-state index in [1.165, 1.54) is 0 Å². The molecular weight excluding hydrogens is 959 g/mol.